The van der Waals surface area contributed by atoms with E-state index in [1.165, 1.54) is 31.2 Å². The SMILES string of the molecule is CN=C(NCc1ncccc1C)NC1CCC(C)CC1.I. The fourth-order valence-corrected chi connectivity index (χ4v) is 2.66. The summed E-state index contributed by atoms with van der Waals surface area (Å²) < 4.78 is 0. The number of pyridine rings is 1. The number of rotatable bonds is 3. The molecule has 0 bridgehead atoms. The van der Waals surface area contributed by atoms with Gasteiger partial charge in [0.2, 0.25) is 0 Å². The van der Waals surface area contributed by atoms with Gasteiger partial charge in [-0.1, -0.05) is 13.0 Å². The molecule has 0 saturated heterocycles. The van der Waals surface area contributed by atoms with Gasteiger partial charge in [0.1, 0.15) is 0 Å². The number of nitrogens with zero attached hydrogens (tertiary/aromatic N) is 2. The molecule has 0 radical (unpaired) electrons. The summed E-state index contributed by atoms with van der Waals surface area (Å²) in [5.74, 6) is 1.76. The van der Waals surface area contributed by atoms with E-state index in [-0.39, 0.29) is 24.0 Å². The zero-order chi connectivity index (χ0) is 14.4. The summed E-state index contributed by atoms with van der Waals surface area (Å²) in [6.07, 6.45) is 6.94. The minimum atomic E-state index is 0. The van der Waals surface area contributed by atoms with Crippen molar-refractivity contribution in [1.82, 2.24) is 15.6 Å². The summed E-state index contributed by atoms with van der Waals surface area (Å²) >= 11 is 0. The fraction of sp³-hybridized carbons (Fsp3) is 0.625. The largest absolute Gasteiger partial charge is 0.354 e. The average Bonchev–Trinajstić information content (AvgIpc) is 2.47. The predicted molar refractivity (Wildman–Crippen MR) is 99.1 cm³/mol. The molecule has 1 heterocycles. The summed E-state index contributed by atoms with van der Waals surface area (Å²) in [6.45, 7) is 5.14. The molecule has 1 aromatic heterocycles. The molecular formula is C16H27IN4. The van der Waals surface area contributed by atoms with Crippen LogP contribution in [0.3, 0.4) is 0 Å². The molecule has 0 atom stereocenters. The van der Waals surface area contributed by atoms with Crippen molar-refractivity contribution in [1.29, 1.82) is 0 Å². The lowest BCUT2D eigenvalue weighted by Crippen LogP contribution is -2.44. The van der Waals surface area contributed by atoms with Gasteiger partial charge in [0, 0.05) is 19.3 Å². The number of halogens is 1. The Morgan fingerprint density at radius 2 is 2.05 bits per heavy atom. The van der Waals surface area contributed by atoms with Crippen LogP contribution in [0.15, 0.2) is 23.3 Å². The van der Waals surface area contributed by atoms with Crippen LogP contribution in [-0.2, 0) is 6.54 Å². The van der Waals surface area contributed by atoms with Gasteiger partial charge in [-0.2, -0.15) is 0 Å². The highest BCUT2D eigenvalue weighted by Gasteiger charge is 2.18. The summed E-state index contributed by atoms with van der Waals surface area (Å²) in [7, 11) is 1.83. The van der Waals surface area contributed by atoms with Crippen LogP contribution in [-0.4, -0.2) is 24.0 Å². The highest BCUT2D eigenvalue weighted by molar-refractivity contribution is 14.0. The van der Waals surface area contributed by atoms with Crippen LogP contribution >= 0.6 is 24.0 Å². The normalized spacial score (nSPS) is 22.3. The lowest BCUT2D eigenvalue weighted by Gasteiger charge is -2.28. The van der Waals surface area contributed by atoms with Crippen LogP contribution in [0.4, 0.5) is 0 Å². The number of aryl methyl sites for hydroxylation is 1. The third-order valence-electron chi connectivity index (χ3n) is 4.12. The van der Waals surface area contributed by atoms with Gasteiger partial charge in [-0.25, -0.2) is 0 Å². The lowest BCUT2D eigenvalue weighted by molar-refractivity contribution is 0.329. The Kier molecular flexibility index (Phi) is 8.00. The maximum Gasteiger partial charge on any atom is 0.191 e. The molecule has 118 valence electrons. The minimum Gasteiger partial charge on any atom is -0.354 e. The molecule has 5 heteroatoms. The molecule has 0 aliphatic heterocycles. The lowest BCUT2D eigenvalue weighted by atomic mass is 9.87. The van der Waals surface area contributed by atoms with Crippen molar-refractivity contribution in [3.8, 4) is 0 Å². The Morgan fingerprint density at radius 1 is 1.33 bits per heavy atom. The summed E-state index contributed by atoms with van der Waals surface area (Å²) in [6, 6.07) is 4.61. The van der Waals surface area contributed by atoms with Crippen LogP contribution in [0, 0.1) is 12.8 Å². The minimum absolute atomic E-state index is 0. The van der Waals surface area contributed by atoms with Gasteiger partial charge in [-0.15, -0.1) is 24.0 Å². The Hall–Kier alpha value is -0.850. The van der Waals surface area contributed by atoms with Crippen LogP contribution < -0.4 is 10.6 Å². The number of nitrogens with one attached hydrogen (secondary N) is 2. The standard InChI is InChI=1S/C16H26N4.HI/c1-12-6-8-14(9-7-12)20-16(17-3)19-11-15-13(2)5-4-10-18-15;/h4-5,10,12,14H,6-9,11H2,1-3H3,(H2,17,19,20);1H. The molecule has 1 saturated carbocycles. The Balaban J connectivity index is 0.00000220. The quantitative estimate of drug-likeness (QED) is 0.464. The number of guanidine groups is 1. The molecular weight excluding hydrogens is 375 g/mol. The third kappa shape index (κ3) is 5.80. The van der Waals surface area contributed by atoms with E-state index in [0.717, 1.165) is 24.1 Å². The van der Waals surface area contributed by atoms with E-state index in [9.17, 15) is 0 Å². The van der Waals surface area contributed by atoms with Crippen LogP contribution in [0.1, 0.15) is 43.9 Å². The zero-order valence-corrected chi connectivity index (χ0v) is 15.6. The van der Waals surface area contributed by atoms with Gasteiger partial charge in [0.15, 0.2) is 5.96 Å². The van der Waals surface area contributed by atoms with Crippen molar-refractivity contribution in [3.63, 3.8) is 0 Å². The Labute approximate surface area is 145 Å². The van der Waals surface area contributed by atoms with Gasteiger partial charge >= 0.3 is 0 Å². The van der Waals surface area contributed by atoms with Crippen molar-refractivity contribution < 1.29 is 0 Å². The van der Waals surface area contributed by atoms with E-state index in [4.69, 9.17) is 0 Å². The van der Waals surface area contributed by atoms with E-state index in [1.807, 2.05) is 19.3 Å². The van der Waals surface area contributed by atoms with Gasteiger partial charge < -0.3 is 10.6 Å². The molecule has 1 aliphatic carbocycles. The second kappa shape index (κ2) is 9.23. The van der Waals surface area contributed by atoms with E-state index in [0.29, 0.717) is 6.04 Å². The first-order valence-electron chi connectivity index (χ1n) is 7.56. The van der Waals surface area contributed by atoms with E-state index >= 15 is 0 Å². The Morgan fingerprint density at radius 3 is 2.67 bits per heavy atom. The molecule has 0 aromatic carbocycles. The smallest absolute Gasteiger partial charge is 0.191 e. The molecule has 2 rings (SSSR count). The third-order valence-corrected chi connectivity index (χ3v) is 4.12. The first-order chi connectivity index (χ1) is 9.69. The summed E-state index contributed by atoms with van der Waals surface area (Å²) in [5, 5.41) is 6.89. The predicted octanol–water partition coefficient (Wildman–Crippen LogP) is 3.25. The molecule has 0 spiro atoms. The monoisotopic (exact) mass is 402 g/mol. The number of hydrogen-bond acceptors (Lipinski definition) is 2. The number of aromatic nitrogens is 1. The molecule has 1 fully saturated rings. The molecule has 21 heavy (non-hydrogen) atoms. The number of aliphatic imine (C=N–C) groups is 1. The van der Waals surface area contributed by atoms with Crippen molar-refractivity contribution in [2.75, 3.05) is 7.05 Å². The summed E-state index contributed by atoms with van der Waals surface area (Å²) in [4.78, 5) is 8.71. The first-order valence-corrected chi connectivity index (χ1v) is 7.56. The summed E-state index contributed by atoms with van der Waals surface area (Å²) in [5.41, 5.74) is 2.29. The second-order valence-electron chi connectivity index (χ2n) is 5.79. The van der Waals surface area contributed by atoms with E-state index in [1.54, 1.807) is 0 Å². The van der Waals surface area contributed by atoms with Gasteiger partial charge in [0.25, 0.3) is 0 Å². The van der Waals surface area contributed by atoms with Gasteiger partial charge in [-0.3, -0.25) is 9.98 Å². The van der Waals surface area contributed by atoms with Crippen molar-refractivity contribution in [2.45, 2.75) is 52.1 Å². The van der Waals surface area contributed by atoms with Crippen molar-refractivity contribution in [2.24, 2.45) is 10.9 Å². The highest BCUT2D eigenvalue weighted by atomic mass is 127. The molecule has 0 unspecified atom stereocenters. The average molecular weight is 402 g/mol. The first kappa shape index (κ1) is 18.2. The molecule has 1 aromatic rings. The topological polar surface area (TPSA) is 49.3 Å². The fourth-order valence-electron chi connectivity index (χ4n) is 2.66. The van der Waals surface area contributed by atoms with E-state index < -0.39 is 0 Å². The molecule has 2 N–H and O–H groups in total. The Bertz CT molecular complexity index is 453. The molecule has 0 amide bonds. The maximum atomic E-state index is 4.40. The van der Waals surface area contributed by atoms with Crippen molar-refractivity contribution in [3.05, 3.63) is 29.6 Å². The number of hydrogen-bond donors (Lipinski definition) is 2. The van der Waals surface area contributed by atoms with Crippen LogP contribution in [0.25, 0.3) is 0 Å². The molecule has 4 nitrogen and oxygen atoms in total. The van der Waals surface area contributed by atoms with Gasteiger partial charge in [0.05, 0.1) is 12.2 Å². The zero-order valence-electron chi connectivity index (χ0n) is 13.2. The molecule has 1 aliphatic rings. The maximum absolute atomic E-state index is 4.40. The van der Waals surface area contributed by atoms with Crippen LogP contribution in [0.2, 0.25) is 0 Å². The van der Waals surface area contributed by atoms with E-state index in [2.05, 4.69) is 40.5 Å². The van der Waals surface area contributed by atoms with Gasteiger partial charge in [-0.05, 0) is 50.2 Å². The highest BCUT2D eigenvalue weighted by Crippen LogP contribution is 2.23. The second-order valence-corrected chi connectivity index (χ2v) is 5.79. The van der Waals surface area contributed by atoms with Crippen molar-refractivity contribution >= 4 is 29.9 Å². The van der Waals surface area contributed by atoms with Crippen LogP contribution in [0.5, 0.6) is 0 Å².